The highest BCUT2D eigenvalue weighted by Crippen LogP contribution is 2.04. The Balaban J connectivity index is 2.51. The zero-order valence-electron chi connectivity index (χ0n) is 9.84. The van der Waals surface area contributed by atoms with Gasteiger partial charge in [0.2, 0.25) is 6.39 Å². The fourth-order valence-electron chi connectivity index (χ4n) is 1.24. The van der Waals surface area contributed by atoms with Crippen LogP contribution in [0.2, 0.25) is 0 Å². The number of ether oxygens (including phenoxy) is 1. The summed E-state index contributed by atoms with van der Waals surface area (Å²) >= 11 is 0. The van der Waals surface area contributed by atoms with Gasteiger partial charge in [0, 0.05) is 6.04 Å². The second kappa shape index (κ2) is 6.22. The highest BCUT2D eigenvalue weighted by molar-refractivity contribution is 5.71. The van der Waals surface area contributed by atoms with Gasteiger partial charge in [0.25, 0.3) is 0 Å². The number of nitrogens with zero attached hydrogens (tertiary/aromatic N) is 3. The Morgan fingerprint density at radius 2 is 2.38 bits per heavy atom. The summed E-state index contributed by atoms with van der Waals surface area (Å²) in [6.07, 6.45) is 1.28. The van der Waals surface area contributed by atoms with Crippen LogP contribution in [0.1, 0.15) is 26.6 Å². The van der Waals surface area contributed by atoms with Crippen molar-refractivity contribution in [1.29, 1.82) is 0 Å². The summed E-state index contributed by atoms with van der Waals surface area (Å²) in [7, 11) is 0. The molecule has 0 spiro atoms. The molecule has 6 heteroatoms. The van der Waals surface area contributed by atoms with Crippen molar-refractivity contribution in [2.45, 2.75) is 33.4 Å². The van der Waals surface area contributed by atoms with Gasteiger partial charge in [0.05, 0.1) is 19.7 Å². The van der Waals surface area contributed by atoms with E-state index in [0.29, 0.717) is 19.0 Å². The normalized spacial score (nSPS) is 11.1. The molecular weight excluding hydrogens is 210 g/mol. The van der Waals surface area contributed by atoms with Crippen molar-refractivity contribution in [3.63, 3.8) is 0 Å². The molecule has 16 heavy (non-hydrogen) atoms. The van der Waals surface area contributed by atoms with Gasteiger partial charge in [-0.1, -0.05) is 5.16 Å². The number of carbonyl (C=O) groups is 1. The summed E-state index contributed by atoms with van der Waals surface area (Å²) in [5.41, 5.74) is 0. The van der Waals surface area contributed by atoms with Crippen molar-refractivity contribution in [3.05, 3.63) is 12.2 Å². The number of esters is 1. The van der Waals surface area contributed by atoms with E-state index < -0.39 is 0 Å². The summed E-state index contributed by atoms with van der Waals surface area (Å²) in [4.78, 5) is 17.2. The van der Waals surface area contributed by atoms with Gasteiger partial charge in [0.15, 0.2) is 5.82 Å². The third-order valence-corrected chi connectivity index (χ3v) is 2.12. The van der Waals surface area contributed by atoms with Crippen molar-refractivity contribution in [1.82, 2.24) is 15.0 Å². The van der Waals surface area contributed by atoms with E-state index in [1.165, 1.54) is 6.39 Å². The Morgan fingerprint density at radius 3 is 2.88 bits per heavy atom. The van der Waals surface area contributed by atoms with Gasteiger partial charge in [-0.15, -0.1) is 0 Å². The minimum atomic E-state index is -0.236. The zero-order chi connectivity index (χ0) is 12.0. The van der Waals surface area contributed by atoms with E-state index in [1.807, 2.05) is 18.7 Å². The Morgan fingerprint density at radius 1 is 1.62 bits per heavy atom. The first kappa shape index (κ1) is 12.6. The number of hydrogen-bond donors (Lipinski definition) is 0. The van der Waals surface area contributed by atoms with Gasteiger partial charge in [0.1, 0.15) is 0 Å². The third-order valence-electron chi connectivity index (χ3n) is 2.12. The van der Waals surface area contributed by atoms with Crippen molar-refractivity contribution in [3.8, 4) is 0 Å². The summed E-state index contributed by atoms with van der Waals surface area (Å²) in [6, 6.07) is 0.211. The molecule has 0 aliphatic carbocycles. The van der Waals surface area contributed by atoms with Gasteiger partial charge in [-0.2, -0.15) is 4.98 Å². The zero-order valence-corrected chi connectivity index (χ0v) is 9.84. The molecule has 0 aliphatic heterocycles. The Bertz CT molecular complexity index is 311. The van der Waals surface area contributed by atoms with E-state index in [0.717, 1.165) is 0 Å². The molecule has 0 amide bonds. The van der Waals surface area contributed by atoms with E-state index in [4.69, 9.17) is 4.74 Å². The lowest BCUT2D eigenvalue weighted by atomic mass is 10.3. The Kier molecular flexibility index (Phi) is 4.91. The lowest BCUT2D eigenvalue weighted by Gasteiger charge is -2.23. The van der Waals surface area contributed by atoms with Crippen molar-refractivity contribution >= 4 is 5.97 Å². The molecule has 0 fully saturated rings. The molecule has 6 nitrogen and oxygen atoms in total. The van der Waals surface area contributed by atoms with Crippen molar-refractivity contribution < 1.29 is 14.1 Å². The molecule has 0 saturated heterocycles. The number of hydrogen-bond acceptors (Lipinski definition) is 6. The smallest absolute Gasteiger partial charge is 0.320 e. The van der Waals surface area contributed by atoms with Crippen LogP contribution in [0.4, 0.5) is 0 Å². The molecule has 1 rings (SSSR count). The standard InChI is InChI=1S/C10H17N3O3/c1-4-15-10(14)6-13(8(2)3)5-9-11-7-16-12-9/h7-8H,4-6H2,1-3H3. The average molecular weight is 227 g/mol. The van der Waals surface area contributed by atoms with Gasteiger partial charge in [-0.05, 0) is 20.8 Å². The maximum atomic E-state index is 11.4. The maximum Gasteiger partial charge on any atom is 0.320 e. The summed E-state index contributed by atoms with van der Waals surface area (Å²) in [5.74, 6) is 0.331. The SMILES string of the molecule is CCOC(=O)CN(Cc1ncon1)C(C)C. The second-order valence-corrected chi connectivity index (χ2v) is 3.65. The van der Waals surface area contributed by atoms with Crippen LogP contribution in [-0.4, -0.2) is 40.2 Å². The molecule has 0 N–H and O–H groups in total. The summed E-state index contributed by atoms with van der Waals surface area (Å²) in [6.45, 7) is 6.90. The van der Waals surface area contributed by atoms with Crippen LogP contribution in [0.15, 0.2) is 10.9 Å². The summed E-state index contributed by atoms with van der Waals surface area (Å²) in [5, 5.41) is 3.71. The van der Waals surface area contributed by atoms with Crippen LogP contribution in [-0.2, 0) is 16.1 Å². The van der Waals surface area contributed by atoms with E-state index in [-0.39, 0.29) is 18.6 Å². The Hall–Kier alpha value is -1.43. The lowest BCUT2D eigenvalue weighted by Crippen LogP contribution is -2.36. The quantitative estimate of drug-likeness (QED) is 0.671. The molecule has 0 radical (unpaired) electrons. The molecule has 0 bridgehead atoms. The molecule has 0 saturated carbocycles. The van der Waals surface area contributed by atoms with Crippen molar-refractivity contribution in [2.75, 3.05) is 13.2 Å². The number of rotatable bonds is 6. The molecule has 1 heterocycles. The molecule has 90 valence electrons. The van der Waals surface area contributed by atoms with E-state index in [2.05, 4.69) is 14.7 Å². The number of carbonyl (C=O) groups excluding carboxylic acids is 1. The first-order valence-electron chi connectivity index (χ1n) is 5.28. The van der Waals surface area contributed by atoms with Gasteiger partial charge >= 0.3 is 5.97 Å². The first-order chi connectivity index (χ1) is 7.63. The highest BCUT2D eigenvalue weighted by Gasteiger charge is 2.16. The first-order valence-corrected chi connectivity index (χ1v) is 5.28. The molecule has 0 aromatic carbocycles. The largest absolute Gasteiger partial charge is 0.465 e. The predicted molar refractivity (Wildman–Crippen MR) is 56.5 cm³/mol. The molecule has 0 atom stereocenters. The Labute approximate surface area is 94.6 Å². The van der Waals surface area contributed by atoms with Crippen LogP contribution in [0.3, 0.4) is 0 Å². The van der Waals surface area contributed by atoms with Gasteiger partial charge in [-0.3, -0.25) is 9.69 Å². The second-order valence-electron chi connectivity index (χ2n) is 3.65. The minimum Gasteiger partial charge on any atom is -0.465 e. The molecule has 0 aliphatic rings. The fraction of sp³-hybridized carbons (Fsp3) is 0.700. The fourth-order valence-corrected chi connectivity index (χ4v) is 1.24. The summed E-state index contributed by atoms with van der Waals surface area (Å²) < 4.78 is 9.54. The average Bonchev–Trinajstić information content (AvgIpc) is 2.69. The lowest BCUT2D eigenvalue weighted by molar-refractivity contribution is -0.145. The molecular formula is C10H17N3O3. The van der Waals surface area contributed by atoms with E-state index in [9.17, 15) is 4.79 Å². The molecule has 1 aromatic rings. The van der Waals surface area contributed by atoms with Gasteiger partial charge < -0.3 is 9.26 Å². The molecule has 1 aromatic heterocycles. The van der Waals surface area contributed by atoms with E-state index in [1.54, 1.807) is 6.92 Å². The number of aromatic nitrogens is 2. The highest BCUT2D eigenvalue weighted by atomic mass is 16.5. The minimum absolute atomic E-state index is 0.211. The molecule has 0 unspecified atom stereocenters. The van der Waals surface area contributed by atoms with Gasteiger partial charge in [-0.25, -0.2) is 0 Å². The topological polar surface area (TPSA) is 68.5 Å². The predicted octanol–water partition coefficient (Wildman–Crippen LogP) is 0.843. The van der Waals surface area contributed by atoms with E-state index >= 15 is 0 Å². The maximum absolute atomic E-state index is 11.4. The van der Waals surface area contributed by atoms with Crippen LogP contribution in [0.25, 0.3) is 0 Å². The van der Waals surface area contributed by atoms with Crippen LogP contribution in [0, 0.1) is 0 Å². The van der Waals surface area contributed by atoms with Crippen LogP contribution >= 0.6 is 0 Å². The van der Waals surface area contributed by atoms with Crippen LogP contribution < -0.4 is 0 Å². The van der Waals surface area contributed by atoms with Crippen molar-refractivity contribution in [2.24, 2.45) is 0 Å². The third kappa shape index (κ3) is 3.98. The van der Waals surface area contributed by atoms with Crippen LogP contribution in [0.5, 0.6) is 0 Å². The monoisotopic (exact) mass is 227 g/mol.